The Morgan fingerprint density at radius 1 is 1.32 bits per heavy atom. The number of ether oxygens (including phenoxy) is 1. The molecule has 1 N–H and O–H groups in total. The Hall–Kier alpha value is -2.10. The van der Waals surface area contributed by atoms with E-state index < -0.39 is 0 Å². The lowest BCUT2D eigenvalue weighted by Gasteiger charge is -2.08. The number of aromatic amines is 1. The standard InChI is InChI=1S/C15H18N2O2/c1-9(2)14(18)12-6-5-7-13(8-12)19-15-10(3)16-17-11(15)4/h5-9H,1-4H3,(H,16,17). The van der Waals surface area contributed by atoms with Crippen LogP contribution in [0.15, 0.2) is 24.3 Å². The lowest BCUT2D eigenvalue weighted by molar-refractivity contribution is 0.0939. The van der Waals surface area contributed by atoms with Gasteiger partial charge < -0.3 is 4.74 Å². The molecular weight excluding hydrogens is 240 g/mol. The van der Waals surface area contributed by atoms with Crippen molar-refractivity contribution in [3.05, 3.63) is 41.2 Å². The van der Waals surface area contributed by atoms with Crippen molar-refractivity contribution >= 4 is 5.78 Å². The molecule has 0 aliphatic heterocycles. The maximum atomic E-state index is 12.0. The van der Waals surface area contributed by atoms with Crippen LogP contribution in [0.4, 0.5) is 0 Å². The summed E-state index contributed by atoms with van der Waals surface area (Å²) in [7, 11) is 0. The van der Waals surface area contributed by atoms with Crippen LogP contribution in [0.5, 0.6) is 11.5 Å². The summed E-state index contributed by atoms with van der Waals surface area (Å²) in [6, 6.07) is 7.25. The zero-order valence-corrected chi connectivity index (χ0v) is 11.7. The second-order valence-corrected chi connectivity index (χ2v) is 4.91. The van der Waals surface area contributed by atoms with Gasteiger partial charge in [-0.2, -0.15) is 5.10 Å². The Morgan fingerprint density at radius 2 is 2.05 bits per heavy atom. The fraction of sp³-hybridized carbons (Fsp3) is 0.333. The molecule has 2 rings (SSSR count). The molecule has 100 valence electrons. The molecular formula is C15H18N2O2. The molecule has 1 aromatic heterocycles. The third-order valence-electron chi connectivity index (χ3n) is 2.92. The number of benzene rings is 1. The molecule has 0 saturated heterocycles. The Balaban J connectivity index is 2.27. The van der Waals surface area contributed by atoms with E-state index in [0.717, 1.165) is 11.4 Å². The van der Waals surface area contributed by atoms with Crippen molar-refractivity contribution in [3.63, 3.8) is 0 Å². The van der Waals surface area contributed by atoms with Crippen molar-refractivity contribution in [1.82, 2.24) is 10.2 Å². The van der Waals surface area contributed by atoms with Gasteiger partial charge in [-0.15, -0.1) is 0 Å². The second-order valence-electron chi connectivity index (χ2n) is 4.91. The van der Waals surface area contributed by atoms with Crippen LogP contribution in [0.1, 0.15) is 35.6 Å². The van der Waals surface area contributed by atoms with E-state index in [-0.39, 0.29) is 11.7 Å². The smallest absolute Gasteiger partial charge is 0.170 e. The molecule has 0 aliphatic carbocycles. The van der Waals surface area contributed by atoms with Gasteiger partial charge in [0.25, 0.3) is 0 Å². The molecule has 0 aliphatic rings. The minimum absolute atomic E-state index is 0.0207. The first-order valence-corrected chi connectivity index (χ1v) is 6.32. The van der Waals surface area contributed by atoms with Gasteiger partial charge in [0.15, 0.2) is 11.5 Å². The van der Waals surface area contributed by atoms with E-state index in [9.17, 15) is 4.79 Å². The van der Waals surface area contributed by atoms with Gasteiger partial charge in [0.2, 0.25) is 0 Å². The molecule has 4 heteroatoms. The Labute approximate surface area is 112 Å². The first-order chi connectivity index (χ1) is 8.99. The zero-order chi connectivity index (χ0) is 14.0. The highest BCUT2D eigenvalue weighted by Gasteiger charge is 2.13. The van der Waals surface area contributed by atoms with E-state index in [2.05, 4.69) is 10.2 Å². The summed E-state index contributed by atoms with van der Waals surface area (Å²) in [5.41, 5.74) is 2.35. The average molecular weight is 258 g/mol. The second kappa shape index (κ2) is 5.26. The number of aryl methyl sites for hydroxylation is 2. The topological polar surface area (TPSA) is 55.0 Å². The third-order valence-corrected chi connectivity index (χ3v) is 2.92. The van der Waals surface area contributed by atoms with Crippen LogP contribution in [0.3, 0.4) is 0 Å². The zero-order valence-electron chi connectivity index (χ0n) is 11.7. The Bertz CT molecular complexity index is 580. The van der Waals surface area contributed by atoms with Gasteiger partial charge in [-0.1, -0.05) is 26.0 Å². The van der Waals surface area contributed by atoms with Crippen LogP contribution in [0, 0.1) is 19.8 Å². The molecule has 0 spiro atoms. The largest absolute Gasteiger partial charge is 0.453 e. The number of Topliss-reactive ketones (excluding diaryl/α,β-unsaturated/α-hetero) is 1. The number of rotatable bonds is 4. The number of aromatic nitrogens is 2. The normalized spacial score (nSPS) is 10.8. The van der Waals surface area contributed by atoms with Crippen LogP contribution in [0.2, 0.25) is 0 Å². The van der Waals surface area contributed by atoms with E-state index >= 15 is 0 Å². The summed E-state index contributed by atoms with van der Waals surface area (Å²) in [5, 5.41) is 6.95. The number of ketones is 1. The van der Waals surface area contributed by atoms with E-state index in [0.29, 0.717) is 17.1 Å². The minimum atomic E-state index is -0.0207. The first-order valence-electron chi connectivity index (χ1n) is 6.32. The lowest BCUT2D eigenvalue weighted by atomic mass is 10.0. The molecule has 1 heterocycles. The molecule has 0 unspecified atom stereocenters. The number of H-pyrrole nitrogens is 1. The first kappa shape index (κ1) is 13.3. The average Bonchev–Trinajstić information content (AvgIpc) is 2.70. The highest BCUT2D eigenvalue weighted by molar-refractivity contribution is 5.97. The molecule has 0 atom stereocenters. The van der Waals surface area contributed by atoms with Crippen molar-refractivity contribution in [3.8, 4) is 11.5 Å². The molecule has 0 radical (unpaired) electrons. The molecule has 1 aromatic carbocycles. The van der Waals surface area contributed by atoms with Crippen molar-refractivity contribution in [2.75, 3.05) is 0 Å². The maximum absolute atomic E-state index is 12.0. The van der Waals surface area contributed by atoms with Gasteiger partial charge in [0, 0.05) is 11.5 Å². The van der Waals surface area contributed by atoms with Gasteiger partial charge in [-0.05, 0) is 26.0 Å². The van der Waals surface area contributed by atoms with Crippen molar-refractivity contribution < 1.29 is 9.53 Å². The van der Waals surface area contributed by atoms with E-state index in [1.54, 1.807) is 6.07 Å². The quantitative estimate of drug-likeness (QED) is 0.851. The summed E-state index contributed by atoms with van der Waals surface area (Å²) in [6.07, 6.45) is 0. The number of hydrogen-bond donors (Lipinski definition) is 1. The van der Waals surface area contributed by atoms with Crippen molar-refractivity contribution in [1.29, 1.82) is 0 Å². The van der Waals surface area contributed by atoms with E-state index in [1.165, 1.54) is 0 Å². The van der Waals surface area contributed by atoms with Crippen molar-refractivity contribution in [2.45, 2.75) is 27.7 Å². The SMILES string of the molecule is Cc1n[nH]c(C)c1Oc1cccc(C(=O)C(C)C)c1. The van der Waals surface area contributed by atoms with Crippen LogP contribution >= 0.6 is 0 Å². The van der Waals surface area contributed by atoms with Crippen molar-refractivity contribution in [2.24, 2.45) is 5.92 Å². The Kier molecular flexibility index (Phi) is 3.69. The van der Waals surface area contributed by atoms with Gasteiger partial charge in [-0.3, -0.25) is 9.89 Å². The third kappa shape index (κ3) is 2.84. The number of hydrogen-bond acceptors (Lipinski definition) is 3. The van der Waals surface area contributed by atoms with Gasteiger partial charge in [-0.25, -0.2) is 0 Å². The van der Waals surface area contributed by atoms with Crippen LogP contribution < -0.4 is 4.74 Å². The van der Waals surface area contributed by atoms with Crippen LogP contribution in [-0.2, 0) is 0 Å². The highest BCUT2D eigenvalue weighted by Crippen LogP contribution is 2.27. The van der Waals surface area contributed by atoms with Gasteiger partial charge in [0.1, 0.15) is 11.4 Å². The Morgan fingerprint density at radius 3 is 2.63 bits per heavy atom. The number of carbonyl (C=O) groups is 1. The fourth-order valence-corrected chi connectivity index (χ4v) is 1.86. The molecule has 0 saturated carbocycles. The number of nitrogens with zero attached hydrogens (tertiary/aromatic N) is 1. The summed E-state index contributed by atoms with van der Waals surface area (Å²) >= 11 is 0. The highest BCUT2D eigenvalue weighted by atomic mass is 16.5. The molecule has 0 fully saturated rings. The predicted octanol–water partition coefficient (Wildman–Crippen LogP) is 3.66. The maximum Gasteiger partial charge on any atom is 0.170 e. The molecule has 4 nitrogen and oxygen atoms in total. The van der Waals surface area contributed by atoms with Gasteiger partial charge in [0.05, 0.1) is 5.69 Å². The van der Waals surface area contributed by atoms with Crippen LogP contribution in [0.25, 0.3) is 0 Å². The monoisotopic (exact) mass is 258 g/mol. The summed E-state index contributed by atoms with van der Waals surface area (Å²) in [5.74, 6) is 1.46. The molecule has 0 bridgehead atoms. The number of carbonyl (C=O) groups excluding carboxylic acids is 1. The van der Waals surface area contributed by atoms with E-state index in [4.69, 9.17) is 4.74 Å². The van der Waals surface area contributed by atoms with Gasteiger partial charge >= 0.3 is 0 Å². The minimum Gasteiger partial charge on any atom is -0.453 e. The summed E-state index contributed by atoms with van der Waals surface area (Å²) in [6.45, 7) is 7.56. The number of nitrogens with one attached hydrogen (secondary N) is 1. The van der Waals surface area contributed by atoms with E-state index in [1.807, 2.05) is 45.9 Å². The summed E-state index contributed by atoms with van der Waals surface area (Å²) in [4.78, 5) is 12.0. The lowest BCUT2D eigenvalue weighted by Crippen LogP contribution is -2.07. The molecule has 0 amide bonds. The molecule has 2 aromatic rings. The van der Waals surface area contributed by atoms with Crippen LogP contribution in [-0.4, -0.2) is 16.0 Å². The fourth-order valence-electron chi connectivity index (χ4n) is 1.86. The molecule has 19 heavy (non-hydrogen) atoms. The summed E-state index contributed by atoms with van der Waals surface area (Å²) < 4.78 is 5.80. The predicted molar refractivity (Wildman–Crippen MR) is 73.7 cm³/mol.